The van der Waals surface area contributed by atoms with Gasteiger partial charge >= 0.3 is 0 Å². The number of carbonyl (C=O) groups excluding carboxylic acids is 1. The summed E-state index contributed by atoms with van der Waals surface area (Å²) in [6.07, 6.45) is 1.06. The van der Waals surface area contributed by atoms with E-state index < -0.39 is 0 Å². The first kappa shape index (κ1) is 18.3. The standard InChI is InChI=1S/C18H23ClN2O/c1-5-8-17(22)15(11-20)18(21-13(4)12(2)3)14-9-6-7-10-16(14)19/h6-7,9-10,12-13,21H,5,8H2,1-4H3. The molecule has 0 amide bonds. The molecule has 4 heteroatoms. The molecular formula is C18H23ClN2O. The third kappa shape index (κ3) is 4.61. The van der Waals surface area contributed by atoms with Crippen LogP contribution in [0.15, 0.2) is 29.8 Å². The van der Waals surface area contributed by atoms with Crippen molar-refractivity contribution in [3.8, 4) is 6.07 Å². The van der Waals surface area contributed by atoms with Crippen molar-refractivity contribution in [2.24, 2.45) is 5.92 Å². The zero-order valence-corrected chi connectivity index (χ0v) is 14.4. The Labute approximate surface area is 138 Å². The maximum absolute atomic E-state index is 12.3. The van der Waals surface area contributed by atoms with Gasteiger partial charge in [-0.1, -0.05) is 50.6 Å². The van der Waals surface area contributed by atoms with Crippen LogP contribution in [0.4, 0.5) is 0 Å². The number of nitrogens with zero attached hydrogens (tertiary/aromatic N) is 1. The maximum atomic E-state index is 12.3. The number of rotatable bonds is 7. The molecule has 0 bridgehead atoms. The molecule has 0 aliphatic rings. The van der Waals surface area contributed by atoms with Crippen LogP contribution in [0.5, 0.6) is 0 Å². The molecule has 0 spiro atoms. The summed E-state index contributed by atoms with van der Waals surface area (Å²) in [6.45, 7) is 8.12. The average molecular weight is 319 g/mol. The van der Waals surface area contributed by atoms with Crippen LogP contribution in [-0.4, -0.2) is 11.8 Å². The average Bonchev–Trinajstić information content (AvgIpc) is 2.47. The van der Waals surface area contributed by atoms with Crippen LogP contribution in [-0.2, 0) is 4.79 Å². The summed E-state index contributed by atoms with van der Waals surface area (Å²) in [7, 11) is 0. The monoisotopic (exact) mass is 318 g/mol. The zero-order valence-electron chi connectivity index (χ0n) is 13.6. The number of halogens is 1. The SMILES string of the molecule is CCCC(=O)C(C#N)=C(NC(C)C(C)C)c1ccccc1Cl. The third-order valence-corrected chi connectivity index (χ3v) is 3.96. The molecule has 1 unspecified atom stereocenters. The second-order valence-electron chi connectivity index (χ2n) is 5.69. The summed E-state index contributed by atoms with van der Waals surface area (Å²) < 4.78 is 0. The van der Waals surface area contributed by atoms with Gasteiger partial charge in [0.25, 0.3) is 0 Å². The zero-order chi connectivity index (χ0) is 16.7. The highest BCUT2D eigenvalue weighted by Gasteiger charge is 2.20. The molecule has 0 radical (unpaired) electrons. The van der Waals surface area contributed by atoms with Crippen molar-refractivity contribution in [3.05, 3.63) is 40.4 Å². The summed E-state index contributed by atoms with van der Waals surface area (Å²) >= 11 is 6.27. The molecule has 0 aliphatic heterocycles. The summed E-state index contributed by atoms with van der Waals surface area (Å²) in [6, 6.07) is 9.45. The van der Waals surface area contributed by atoms with Crippen molar-refractivity contribution in [2.45, 2.75) is 46.6 Å². The van der Waals surface area contributed by atoms with Gasteiger partial charge in [0.05, 0.1) is 5.70 Å². The Morgan fingerprint density at radius 1 is 1.32 bits per heavy atom. The van der Waals surface area contributed by atoms with Crippen LogP contribution in [0, 0.1) is 17.2 Å². The van der Waals surface area contributed by atoms with Gasteiger partial charge in [0.2, 0.25) is 0 Å². The van der Waals surface area contributed by atoms with Gasteiger partial charge in [-0.2, -0.15) is 5.26 Å². The Morgan fingerprint density at radius 3 is 2.45 bits per heavy atom. The van der Waals surface area contributed by atoms with E-state index in [0.717, 1.165) is 0 Å². The van der Waals surface area contributed by atoms with Gasteiger partial charge in [-0.3, -0.25) is 4.79 Å². The molecule has 0 saturated heterocycles. The Balaban J connectivity index is 3.42. The molecule has 0 aliphatic carbocycles. The van der Waals surface area contributed by atoms with Gasteiger partial charge in [-0.05, 0) is 25.3 Å². The minimum absolute atomic E-state index is 0.115. The number of nitrogens with one attached hydrogen (secondary N) is 1. The van der Waals surface area contributed by atoms with E-state index in [1.54, 1.807) is 6.07 Å². The Hall–Kier alpha value is -1.79. The Bertz CT molecular complexity index is 599. The van der Waals surface area contributed by atoms with E-state index in [9.17, 15) is 10.1 Å². The molecule has 0 fully saturated rings. The molecule has 22 heavy (non-hydrogen) atoms. The number of hydrogen-bond acceptors (Lipinski definition) is 3. The number of ketones is 1. The fourth-order valence-corrected chi connectivity index (χ4v) is 2.18. The molecule has 1 atom stereocenters. The van der Waals surface area contributed by atoms with Crippen LogP contribution >= 0.6 is 11.6 Å². The predicted molar refractivity (Wildman–Crippen MR) is 91.3 cm³/mol. The second-order valence-corrected chi connectivity index (χ2v) is 6.10. The summed E-state index contributed by atoms with van der Waals surface area (Å²) in [4.78, 5) is 12.3. The summed E-state index contributed by atoms with van der Waals surface area (Å²) in [5.41, 5.74) is 1.38. The molecule has 1 N–H and O–H groups in total. The quantitative estimate of drug-likeness (QED) is 0.591. The number of benzene rings is 1. The summed E-state index contributed by atoms with van der Waals surface area (Å²) in [5.74, 6) is 0.210. The van der Waals surface area contributed by atoms with Crippen LogP contribution in [0.2, 0.25) is 5.02 Å². The number of nitriles is 1. The van der Waals surface area contributed by atoms with Crippen molar-refractivity contribution in [3.63, 3.8) is 0 Å². The highest BCUT2D eigenvalue weighted by atomic mass is 35.5. The first-order chi connectivity index (χ1) is 10.4. The maximum Gasteiger partial charge on any atom is 0.175 e. The minimum Gasteiger partial charge on any atom is -0.381 e. The van der Waals surface area contributed by atoms with Crippen LogP contribution in [0.1, 0.15) is 46.1 Å². The van der Waals surface area contributed by atoms with E-state index in [1.165, 1.54) is 0 Å². The lowest BCUT2D eigenvalue weighted by Gasteiger charge is -2.23. The van der Waals surface area contributed by atoms with E-state index in [4.69, 9.17) is 11.6 Å². The highest BCUT2D eigenvalue weighted by Crippen LogP contribution is 2.26. The van der Waals surface area contributed by atoms with E-state index in [1.807, 2.05) is 32.0 Å². The largest absolute Gasteiger partial charge is 0.381 e. The fraction of sp³-hybridized carbons (Fsp3) is 0.444. The molecule has 1 rings (SSSR count). The fourth-order valence-electron chi connectivity index (χ4n) is 1.95. The molecule has 0 heterocycles. The predicted octanol–water partition coefficient (Wildman–Crippen LogP) is 4.58. The number of carbonyl (C=O) groups is 1. The third-order valence-electron chi connectivity index (χ3n) is 3.63. The first-order valence-electron chi connectivity index (χ1n) is 7.61. The van der Waals surface area contributed by atoms with Crippen molar-refractivity contribution in [1.82, 2.24) is 5.32 Å². The molecular weight excluding hydrogens is 296 g/mol. The number of Topliss-reactive ketones (excluding diaryl/α,β-unsaturated/α-hetero) is 1. The van der Waals surface area contributed by atoms with E-state index in [2.05, 4.69) is 25.2 Å². The van der Waals surface area contributed by atoms with Gasteiger partial charge < -0.3 is 5.32 Å². The Morgan fingerprint density at radius 2 is 1.95 bits per heavy atom. The highest BCUT2D eigenvalue weighted by molar-refractivity contribution is 6.32. The van der Waals surface area contributed by atoms with Gasteiger partial charge in [0.15, 0.2) is 5.78 Å². The van der Waals surface area contributed by atoms with Crippen molar-refractivity contribution < 1.29 is 4.79 Å². The molecule has 3 nitrogen and oxygen atoms in total. The second kappa shape index (κ2) is 8.60. The Kier molecular flexibility index (Phi) is 7.14. The lowest BCUT2D eigenvalue weighted by atomic mass is 9.98. The smallest absolute Gasteiger partial charge is 0.175 e. The van der Waals surface area contributed by atoms with Crippen molar-refractivity contribution >= 4 is 23.1 Å². The summed E-state index contributed by atoms with van der Waals surface area (Å²) in [5, 5.41) is 13.3. The van der Waals surface area contributed by atoms with Gasteiger partial charge in [-0.15, -0.1) is 0 Å². The minimum atomic E-state index is -0.150. The van der Waals surface area contributed by atoms with Crippen molar-refractivity contribution in [2.75, 3.05) is 0 Å². The number of hydrogen-bond donors (Lipinski definition) is 1. The van der Waals surface area contributed by atoms with Crippen LogP contribution < -0.4 is 5.32 Å². The van der Waals surface area contributed by atoms with Crippen LogP contribution in [0.25, 0.3) is 5.70 Å². The van der Waals surface area contributed by atoms with Gasteiger partial charge in [0, 0.05) is 23.0 Å². The number of allylic oxidation sites excluding steroid dienone is 1. The molecule has 118 valence electrons. The first-order valence-corrected chi connectivity index (χ1v) is 7.99. The topological polar surface area (TPSA) is 52.9 Å². The lowest BCUT2D eigenvalue weighted by molar-refractivity contribution is -0.115. The molecule has 1 aromatic carbocycles. The lowest BCUT2D eigenvalue weighted by Crippen LogP contribution is -2.31. The normalized spacial score (nSPS) is 13.3. The van der Waals surface area contributed by atoms with Crippen molar-refractivity contribution in [1.29, 1.82) is 5.26 Å². The van der Waals surface area contributed by atoms with E-state index >= 15 is 0 Å². The van der Waals surface area contributed by atoms with E-state index in [0.29, 0.717) is 35.0 Å². The molecule has 0 aromatic heterocycles. The van der Waals surface area contributed by atoms with Gasteiger partial charge in [0.1, 0.15) is 11.6 Å². The van der Waals surface area contributed by atoms with Gasteiger partial charge in [-0.25, -0.2) is 0 Å². The molecule has 1 aromatic rings. The van der Waals surface area contributed by atoms with E-state index in [-0.39, 0.29) is 17.4 Å². The molecule has 0 saturated carbocycles. The van der Waals surface area contributed by atoms with Crippen LogP contribution in [0.3, 0.4) is 0 Å².